The van der Waals surface area contributed by atoms with E-state index in [-0.39, 0.29) is 12.0 Å². The number of aliphatic hydroxyl groups is 1. The molecule has 2 rings (SSSR count). The van der Waals surface area contributed by atoms with Gasteiger partial charge in [-0.1, -0.05) is 13.8 Å². The van der Waals surface area contributed by atoms with E-state index in [1.807, 2.05) is 30.1 Å². The minimum absolute atomic E-state index is 0.0911. The lowest BCUT2D eigenvalue weighted by atomic mass is 9.90. The van der Waals surface area contributed by atoms with Gasteiger partial charge in [0, 0.05) is 56.5 Å². The van der Waals surface area contributed by atoms with E-state index in [4.69, 9.17) is 5.11 Å². The minimum Gasteiger partial charge on any atom is -0.396 e. The first kappa shape index (κ1) is 15.7. The number of pyridine rings is 1. The molecule has 0 atom stereocenters. The highest BCUT2D eigenvalue weighted by atomic mass is 16.3. The molecule has 0 saturated heterocycles. The number of hydrogen-bond acceptors (Lipinski definition) is 4. The van der Waals surface area contributed by atoms with Crippen LogP contribution in [0.25, 0.3) is 11.3 Å². The highest BCUT2D eigenvalue weighted by molar-refractivity contribution is 5.61. The molecular formula is C16H24N4O. The average Bonchev–Trinajstić information content (AvgIpc) is 2.80. The number of nitrogens with zero attached hydrogens (tertiary/aromatic N) is 3. The molecule has 2 N–H and O–H groups in total. The summed E-state index contributed by atoms with van der Waals surface area (Å²) < 4.78 is 1.84. The standard InChI is InChI=1S/C16H24N4O/c1-16(2,6-9-21)12-18-10-14-11-20(3)19-15(14)13-4-7-17-8-5-13/h4-5,7-8,11,18,21H,6,9-10,12H2,1-3H3. The zero-order chi connectivity index (χ0) is 15.3. The third-order valence-electron chi connectivity index (χ3n) is 3.57. The van der Waals surface area contributed by atoms with Gasteiger partial charge in [0.1, 0.15) is 0 Å². The number of hydrogen-bond donors (Lipinski definition) is 2. The molecule has 0 saturated carbocycles. The van der Waals surface area contributed by atoms with E-state index in [1.165, 1.54) is 5.56 Å². The predicted molar refractivity (Wildman–Crippen MR) is 83.6 cm³/mol. The minimum atomic E-state index is 0.0911. The molecule has 0 aliphatic carbocycles. The summed E-state index contributed by atoms with van der Waals surface area (Å²) in [6.45, 7) is 6.16. The third-order valence-corrected chi connectivity index (χ3v) is 3.57. The van der Waals surface area contributed by atoms with E-state index in [1.54, 1.807) is 12.4 Å². The van der Waals surface area contributed by atoms with E-state index in [9.17, 15) is 0 Å². The predicted octanol–water partition coefficient (Wildman–Crippen LogP) is 1.98. The van der Waals surface area contributed by atoms with Crippen LogP contribution in [-0.2, 0) is 13.6 Å². The Labute approximate surface area is 126 Å². The van der Waals surface area contributed by atoms with Gasteiger partial charge in [-0.25, -0.2) is 0 Å². The van der Waals surface area contributed by atoms with Crippen LogP contribution in [0.2, 0.25) is 0 Å². The molecule has 0 aromatic carbocycles. The molecule has 2 aromatic heterocycles. The number of aliphatic hydroxyl groups excluding tert-OH is 1. The lowest BCUT2D eigenvalue weighted by molar-refractivity contribution is 0.207. The summed E-state index contributed by atoms with van der Waals surface area (Å²) in [4.78, 5) is 4.05. The van der Waals surface area contributed by atoms with Gasteiger partial charge in [0.05, 0.1) is 5.69 Å². The maximum Gasteiger partial charge on any atom is 0.0969 e. The molecule has 0 aliphatic rings. The van der Waals surface area contributed by atoms with Crippen molar-refractivity contribution in [3.8, 4) is 11.3 Å². The Morgan fingerprint density at radius 2 is 2.00 bits per heavy atom. The van der Waals surface area contributed by atoms with Crippen molar-refractivity contribution in [3.63, 3.8) is 0 Å². The number of aryl methyl sites for hydroxylation is 1. The molecule has 0 unspecified atom stereocenters. The van der Waals surface area contributed by atoms with E-state index in [2.05, 4.69) is 29.2 Å². The summed E-state index contributed by atoms with van der Waals surface area (Å²) in [7, 11) is 1.93. The summed E-state index contributed by atoms with van der Waals surface area (Å²) in [5, 5.41) is 17.1. The Hall–Kier alpha value is -1.72. The summed E-state index contributed by atoms with van der Waals surface area (Å²) >= 11 is 0. The third kappa shape index (κ3) is 4.37. The van der Waals surface area contributed by atoms with Gasteiger partial charge in [-0.2, -0.15) is 5.10 Å². The van der Waals surface area contributed by atoms with Crippen LogP contribution in [0.1, 0.15) is 25.8 Å². The molecule has 0 amide bonds. The van der Waals surface area contributed by atoms with Crippen molar-refractivity contribution in [1.29, 1.82) is 0 Å². The molecule has 0 aliphatic heterocycles. The normalized spacial score (nSPS) is 11.8. The van der Waals surface area contributed by atoms with Gasteiger partial charge in [0.15, 0.2) is 0 Å². The Balaban J connectivity index is 2.04. The molecule has 5 heteroatoms. The second-order valence-electron chi connectivity index (χ2n) is 6.15. The fraction of sp³-hybridized carbons (Fsp3) is 0.500. The molecule has 0 fully saturated rings. The van der Waals surface area contributed by atoms with Crippen LogP contribution < -0.4 is 5.32 Å². The van der Waals surface area contributed by atoms with Crippen molar-refractivity contribution < 1.29 is 5.11 Å². The summed E-state index contributed by atoms with van der Waals surface area (Å²) in [5.74, 6) is 0. The van der Waals surface area contributed by atoms with Crippen LogP contribution in [0.15, 0.2) is 30.7 Å². The van der Waals surface area contributed by atoms with Crippen LogP contribution in [-0.4, -0.2) is 33.0 Å². The molecule has 0 bridgehead atoms. The molecule has 21 heavy (non-hydrogen) atoms. The largest absolute Gasteiger partial charge is 0.396 e. The van der Waals surface area contributed by atoms with Crippen LogP contribution in [0.4, 0.5) is 0 Å². The van der Waals surface area contributed by atoms with Crippen LogP contribution in [0, 0.1) is 5.41 Å². The van der Waals surface area contributed by atoms with E-state index in [0.717, 1.165) is 30.8 Å². The lowest BCUT2D eigenvalue weighted by Crippen LogP contribution is -2.29. The molecule has 2 heterocycles. The molecular weight excluding hydrogens is 264 g/mol. The van der Waals surface area contributed by atoms with Gasteiger partial charge in [-0.15, -0.1) is 0 Å². The Bertz CT molecular complexity index is 563. The van der Waals surface area contributed by atoms with Crippen LogP contribution in [0.5, 0.6) is 0 Å². The first-order valence-electron chi connectivity index (χ1n) is 7.26. The van der Waals surface area contributed by atoms with Gasteiger partial charge in [0.25, 0.3) is 0 Å². The Morgan fingerprint density at radius 1 is 1.29 bits per heavy atom. The van der Waals surface area contributed by atoms with Crippen molar-refractivity contribution in [2.45, 2.75) is 26.8 Å². The Kier molecular flexibility index (Phi) is 5.09. The second kappa shape index (κ2) is 6.83. The van der Waals surface area contributed by atoms with Gasteiger partial charge in [-0.05, 0) is 24.0 Å². The van der Waals surface area contributed by atoms with E-state index in [0.29, 0.717) is 0 Å². The summed E-state index contributed by atoms with van der Waals surface area (Å²) in [5.41, 5.74) is 3.33. The summed E-state index contributed by atoms with van der Waals surface area (Å²) in [6.07, 6.45) is 6.41. The number of nitrogens with one attached hydrogen (secondary N) is 1. The van der Waals surface area contributed by atoms with Gasteiger partial charge < -0.3 is 10.4 Å². The van der Waals surface area contributed by atoms with Crippen LogP contribution in [0.3, 0.4) is 0 Å². The molecule has 114 valence electrons. The van der Waals surface area contributed by atoms with Crippen molar-refractivity contribution in [1.82, 2.24) is 20.1 Å². The van der Waals surface area contributed by atoms with E-state index >= 15 is 0 Å². The molecule has 0 radical (unpaired) electrons. The smallest absolute Gasteiger partial charge is 0.0969 e. The quantitative estimate of drug-likeness (QED) is 0.818. The topological polar surface area (TPSA) is 63.0 Å². The highest BCUT2D eigenvalue weighted by Gasteiger charge is 2.17. The van der Waals surface area contributed by atoms with Crippen LogP contribution >= 0.6 is 0 Å². The SMILES string of the molecule is Cn1cc(CNCC(C)(C)CCO)c(-c2ccncc2)n1. The van der Waals surface area contributed by atoms with Crippen molar-refractivity contribution >= 4 is 0 Å². The second-order valence-corrected chi connectivity index (χ2v) is 6.15. The monoisotopic (exact) mass is 288 g/mol. The zero-order valence-corrected chi connectivity index (χ0v) is 13.0. The summed E-state index contributed by atoms with van der Waals surface area (Å²) in [6, 6.07) is 3.95. The maximum absolute atomic E-state index is 9.07. The maximum atomic E-state index is 9.07. The van der Waals surface area contributed by atoms with Crippen molar-refractivity contribution in [3.05, 3.63) is 36.3 Å². The number of aromatic nitrogens is 3. The van der Waals surface area contributed by atoms with Gasteiger partial charge >= 0.3 is 0 Å². The first-order chi connectivity index (χ1) is 10.0. The fourth-order valence-corrected chi connectivity index (χ4v) is 2.35. The molecule has 2 aromatic rings. The van der Waals surface area contributed by atoms with Crippen molar-refractivity contribution in [2.75, 3.05) is 13.2 Å². The van der Waals surface area contributed by atoms with Gasteiger partial charge in [-0.3, -0.25) is 9.67 Å². The number of rotatable bonds is 7. The molecule has 0 spiro atoms. The fourth-order valence-electron chi connectivity index (χ4n) is 2.35. The van der Waals surface area contributed by atoms with Crippen molar-refractivity contribution in [2.24, 2.45) is 12.5 Å². The first-order valence-corrected chi connectivity index (χ1v) is 7.26. The molecule has 5 nitrogen and oxygen atoms in total. The average molecular weight is 288 g/mol. The Morgan fingerprint density at radius 3 is 2.67 bits per heavy atom. The van der Waals surface area contributed by atoms with Gasteiger partial charge in [0.2, 0.25) is 0 Å². The van der Waals surface area contributed by atoms with E-state index < -0.39 is 0 Å². The highest BCUT2D eigenvalue weighted by Crippen LogP contribution is 2.22. The zero-order valence-electron chi connectivity index (χ0n) is 13.0. The lowest BCUT2D eigenvalue weighted by Gasteiger charge is -2.23.